The second-order valence-electron chi connectivity index (χ2n) is 8.21. The average Bonchev–Trinajstić information content (AvgIpc) is 2.92. The molecule has 0 N–H and O–H groups in total. The van der Waals surface area contributed by atoms with Gasteiger partial charge in [0.2, 0.25) is 5.91 Å². The van der Waals surface area contributed by atoms with E-state index in [9.17, 15) is 13.6 Å². The summed E-state index contributed by atoms with van der Waals surface area (Å²) < 4.78 is 44.7. The highest BCUT2D eigenvalue weighted by Gasteiger charge is 2.21. The van der Waals surface area contributed by atoms with Crippen LogP contribution in [-0.4, -0.2) is 19.2 Å². The maximum atomic E-state index is 14.3. The zero-order valence-corrected chi connectivity index (χ0v) is 20.4. The fraction of sp³-hybridized carbons (Fsp3) is 0.167. The van der Waals surface area contributed by atoms with E-state index in [-0.39, 0.29) is 24.7 Å². The molecule has 4 aromatic carbocycles. The van der Waals surface area contributed by atoms with E-state index in [1.54, 1.807) is 30.3 Å². The van der Waals surface area contributed by atoms with Crippen LogP contribution in [0.2, 0.25) is 0 Å². The number of hydrogen-bond acceptors (Lipinski definition) is 4. The molecule has 5 nitrogen and oxygen atoms in total. The molecule has 0 aliphatic rings. The van der Waals surface area contributed by atoms with Crippen molar-refractivity contribution in [1.82, 2.24) is 0 Å². The average molecular weight is 504 g/mol. The standard InChI is InChI=1S/C30H27F2NO4/c1-22(34)33(28-19-25(32)12-14-30(28)37-26-10-6-3-7-11-26)20-24-18-27(13-15-29(24)35-17-16-31)36-21-23-8-4-2-5-9-23/h2-15,18-19H,16-17,20-21H2,1H3. The van der Waals surface area contributed by atoms with Crippen LogP contribution in [0.15, 0.2) is 97.1 Å². The molecular formula is C30H27F2NO4. The molecule has 4 aromatic rings. The lowest BCUT2D eigenvalue weighted by atomic mass is 10.1. The highest BCUT2D eigenvalue weighted by molar-refractivity contribution is 5.93. The molecule has 37 heavy (non-hydrogen) atoms. The Morgan fingerprint density at radius 1 is 0.811 bits per heavy atom. The van der Waals surface area contributed by atoms with Crippen molar-refractivity contribution >= 4 is 11.6 Å². The number of alkyl halides is 1. The number of hydrogen-bond donors (Lipinski definition) is 0. The van der Waals surface area contributed by atoms with E-state index in [1.807, 2.05) is 48.5 Å². The molecule has 0 heterocycles. The maximum absolute atomic E-state index is 14.3. The van der Waals surface area contributed by atoms with Gasteiger partial charge in [0.15, 0.2) is 5.75 Å². The molecule has 7 heteroatoms. The number of halogens is 2. The third kappa shape index (κ3) is 7.07. The summed E-state index contributed by atoms with van der Waals surface area (Å²) >= 11 is 0. The van der Waals surface area contributed by atoms with Gasteiger partial charge in [-0.25, -0.2) is 8.78 Å². The summed E-state index contributed by atoms with van der Waals surface area (Å²) in [6.07, 6.45) is 0. The van der Waals surface area contributed by atoms with E-state index in [0.717, 1.165) is 5.56 Å². The SMILES string of the molecule is CC(=O)N(Cc1cc(OCc2ccccc2)ccc1OCCF)c1cc(F)ccc1Oc1ccccc1. The summed E-state index contributed by atoms with van der Waals surface area (Å²) in [7, 11) is 0. The Balaban J connectivity index is 1.65. The van der Waals surface area contributed by atoms with Crippen LogP contribution in [0, 0.1) is 5.82 Å². The number of benzene rings is 4. The van der Waals surface area contributed by atoms with Gasteiger partial charge < -0.3 is 19.1 Å². The van der Waals surface area contributed by atoms with E-state index in [0.29, 0.717) is 35.2 Å². The highest BCUT2D eigenvalue weighted by Crippen LogP contribution is 2.36. The van der Waals surface area contributed by atoms with Gasteiger partial charge in [-0.2, -0.15) is 0 Å². The lowest BCUT2D eigenvalue weighted by molar-refractivity contribution is -0.116. The van der Waals surface area contributed by atoms with Crippen molar-refractivity contribution in [3.63, 3.8) is 0 Å². The molecule has 190 valence electrons. The number of ether oxygens (including phenoxy) is 3. The molecular weight excluding hydrogens is 476 g/mol. The van der Waals surface area contributed by atoms with E-state index in [2.05, 4.69) is 0 Å². The first-order valence-corrected chi connectivity index (χ1v) is 11.8. The van der Waals surface area contributed by atoms with Crippen LogP contribution in [0.25, 0.3) is 0 Å². The third-order valence-electron chi connectivity index (χ3n) is 5.51. The number of nitrogens with zero attached hydrogens (tertiary/aromatic N) is 1. The van der Waals surface area contributed by atoms with Crippen molar-refractivity contribution in [3.05, 3.63) is 114 Å². The summed E-state index contributed by atoms with van der Waals surface area (Å²) in [5.41, 5.74) is 1.82. The number of rotatable bonds is 11. The number of amides is 1. The van der Waals surface area contributed by atoms with Crippen molar-refractivity contribution in [2.45, 2.75) is 20.1 Å². The van der Waals surface area contributed by atoms with Gasteiger partial charge in [0.25, 0.3) is 0 Å². The summed E-state index contributed by atoms with van der Waals surface area (Å²) in [6, 6.07) is 27.8. The number of anilines is 1. The van der Waals surface area contributed by atoms with Gasteiger partial charge >= 0.3 is 0 Å². The third-order valence-corrected chi connectivity index (χ3v) is 5.51. The second-order valence-corrected chi connectivity index (χ2v) is 8.21. The molecule has 0 aliphatic carbocycles. The molecule has 0 atom stereocenters. The summed E-state index contributed by atoms with van der Waals surface area (Å²) in [5.74, 6) is 0.951. The molecule has 0 aliphatic heterocycles. The summed E-state index contributed by atoms with van der Waals surface area (Å²) in [6.45, 7) is 0.949. The van der Waals surface area contributed by atoms with Crippen LogP contribution in [0.3, 0.4) is 0 Å². The largest absolute Gasteiger partial charge is 0.491 e. The van der Waals surface area contributed by atoms with E-state index < -0.39 is 12.5 Å². The van der Waals surface area contributed by atoms with Gasteiger partial charge in [-0.05, 0) is 48.0 Å². The first-order valence-electron chi connectivity index (χ1n) is 11.8. The first-order chi connectivity index (χ1) is 18.0. The monoisotopic (exact) mass is 503 g/mol. The molecule has 0 fully saturated rings. The second kappa shape index (κ2) is 12.5. The van der Waals surface area contributed by atoms with E-state index >= 15 is 0 Å². The predicted octanol–water partition coefficient (Wildman–Crippen LogP) is 7.10. The quantitative estimate of drug-likeness (QED) is 0.219. The van der Waals surface area contributed by atoms with Gasteiger partial charge in [-0.1, -0.05) is 48.5 Å². The number of para-hydroxylation sites is 1. The minimum atomic E-state index is -0.666. The van der Waals surface area contributed by atoms with Gasteiger partial charge in [0, 0.05) is 18.6 Å². The maximum Gasteiger partial charge on any atom is 0.224 e. The number of carbonyl (C=O) groups is 1. The van der Waals surface area contributed by atoms with Crippen LogP contribution >= 0.6 is 0 Å². The van der Waals surface area contributed by atoms with Crippen molar-refractivity contribution in [2.75, 3.05) is 18.2 Å². The lowest BCUT2D eigenvalue weighted by Crippen LogP contribution is -2.28. The molecule has 4 rings (SSSR count). The van der Waals surface area contributed by atoms with Crippen molar-refractivity contribution in [2.24, 2.45) is 0 Å². The Kier molecular flexibility index (Phi) is 8.70. The van der Waals surface area contributed by atoms with Gasteiger partial charge in [-0.15, -0.1) is 0 Å². The van der Waals surface area contributed by atoms with Gasteiger partial charge in [0.1, 0.15) is 43.0 Å². The van der Waals surface area contributed by atoms with Crippen LogP contribution in [0.5, 0.6) is 23.0 Å². The summed E-state index contributed by atoms with van der Waals surface area (Å²) in [5, 5.41) is 0. The van der Waals surface area contributed by atoms with Gasteiger partial charge in [0.05, 0.1) is 12.2 Å². The van der Waals surface area contributed by atoms with E-state index in [4.69, 9.17) is 14.2 Å². The minimum Gasteiger partial charge on any atom is -0.491 e. The molecule has 0 spiro atoms. The molecule has 1 amide bonds. The highest BCUT2D eigenvalue weighted by atomic mass is 19.1. The lowest BCUT2D eigenvalue weighted by Gasteiger charge is -2.25. The molecule has 0 saturated carbocycles. The Bertz CT molecular complexity index is 1320. The molecule has 0 unspecified atom stereocenters. The fourth-order valence-electron chi connectivity index (χ4n) is 3.74. The molecule has 0 aromatic heterocycles. The van der Waals surface area contributed by atoms with Crippen LogP contribution in [0.1, 0.15) is 18.1 Å². The Hall–Kier alpha value is -4.39. The molecule has 0 saturated heterocycles. The Labute approximate surface area is 214 Å². The summed E-state index contributed by atoms with van der Waals surface area (Å²) in [4.78, 5) is 14.2. The minimum absolute atomic E-state index is 0.0219. The zero-order chi connectivity index (χ0) is 26.0. The Morgan fingerprint density at radius 2 is 1.51 bits per heavy atom. The van der Waals surface area contributed by atoms with Crippen LogP contribution in [-0.2, 0) is 17.9 Å². The van der Waals surface area contributed by atoms with Crippen LogP contribution < -0.4 is 19.1 Å². The first kappa shape index (κ1) is 25.7. The molecule has 0 radical (unpaired) electrons. The number of carbonyl (C=O) groups excluding carboxylic acids is 1. The smallest absolute Gasteiger partial charge is 0.224 e. The fourth-order valence-corrected chi connectivity index (χ4v) is 3.74. The van der Waals surface area contributed by atoms with Crippen molar-refractivity contribution < 1.29 is 27.8 Å². The normalized spacial score (nSPS) is 10.6. The predicted molar refractivity (Wildman–Crippen MR) is 138 cm³/mol. The van der Waals surface area contributed by atoms with E-state index in [1.165, 1.54) is 30.0 Å². The van der Waals surface area contributed by atoms with Crippen LogP contribution in [0.4, 0.5) is 14.5 Å². The Morgan fingerprint density at radius 3 is 2.22 bits per heavy atom. The van der Waals surface area contributed by atoms with Crippen molar-refractivity contribution in [1.29, 1.82) is 0 Å². The topological polar surface area (TPSA) is 48.0 Å². The zero-order valence-electron chi connectivity index (χ0n) is 20.4. The van der Waals surface area contributed by atoms with Gasteiger partial charge in [-0.3, -0.25) is 4.79 Å². The molecule has 0 bridgehead atoms. The van der Waals surface area contributed by atoms with Crippen molar-refractivity contribution in [3.8, 4) is 23.0 Å².